The number of carbonyl (C=O) groups is 2. The molecule has 0 fully saturated rings. The standard InChI is InChI=1S/C39H77NO5/c1-4-7-10-13-15-17-18-20-21-24-27-30-38(42)40-36(34-41)35-44-33-32-37(29-26-23-12-9-6-3)45-39(43)31-28-25-22-19-16-14-11-8-5-2/h36-37,41H,4-35H2,1-3H3,(H,40,42). The van der Waals surface area contributed by atoms with Gasteiger partial charge in [0, 0.05) is 19.3 Å². The van der Waals surface area contributed by atoms with Crippen molar-refractivity contribution >= 4 is 11.9 Å². The number of carbonyl (C=O) groups excluding carboxylic acids is 2. The quantitative estimate of drug-likeness (QED) is 0.0526. The Morgan fingerprint density at radius 2 is 0.978 bits per heavy atom. The lowest BCUT2D eigenvalue weighted by Gasteiger charge is -2.20. The molecule has 0 saturated carbocycles. The average molecular weight is 640 g/mol. The van der Waals surface area contributed by atoms with Crippen LogP contribution in [0.2, 0.25) is 0 Å². The van der Waals surface area contributed by atoms with E-state index in [0.717, 1.165) is 38.5 Å². The summed E-state index contributed by atoms with van der Waals surface area (Å²) in [4.78, 5) is 25.0. The van der Waals surface area contributed by atoms with Crippen LogP contribution in [0.1, 0.15) is 207 Å². The lowest BCUT2D eigenvalue weighted by Crippen LogP contribution is -2.41. The first-order chi connectivity index (χ1) is 22.1. The zero-order chi connectivity index (χ0) is 33.1. The number of aliphatic hydroxyl groups excluding tert-OH is 1. The summed E-state index contributed by atoms with van der Waals surface area (Å²) in [5.41, 5.74) is 0. The highest BCUT2D eigenvalue weighted by Crippen LogP contribution is 2.16. The van der Waals surface area contributed by atoms with E-state index in [1.165, 1.54) is 128 Å². The Bertz CT molecular complexity index is 629. The third kappa shape index (κ3) is 32.6. The first-order valence-corrected chi connectivity index (χ1v) is 19.7. The second-order valence-corrected chi connectivity index (χ2v) is 13.5. The van der Waals surface area contributed by atoms with Gasteiger partial charge in [-0.25, -0.2) is 0 Å². The Labute approximate surface area is 280 Å². The fourth-order valence-corrected chi connectivity index (χ4v) is 5.89. The Morgan fingerprint density at radius 1 is 0.556 bits per heavy atom. The highest BCUT2D eigenvalue weighted by Gasteiger charge is 2.16. The summed E-state index contributed by atoms with van der Waals surface area (Å²) in [5, 5.41) is 12.7. The molecule has 0 aliphatic rings. The summed E-state index contributed by atoms with van der Waals surface area (Å²) in [6, 6.07) is -0.396. The normalized spacial score (nSPS) is 12.7. The van der Waals surface area contributed by atoms with Crippen LogP contribution in [0.25, 0.3) is 0 Å². The van der Waals surface area contributed by atoms with Crippen molar-refractivity contribution in [2.45, 2.75) is 219 Å². The van der Waals surface area contributed by atoms with Gasteiger partial charge in [-0.1, -0.05) is 162 Å². The molecule has 0 heterocycles. The predicted octanol–water partition coefficient (Wildman–Crippen LogP) is 10.8. The molecule has 268 valence electrons. The second-order valence-electron chi connectivity index (χ2n) is 13.5. The number of rotatable bonds is 36. The largest absolute Gasteiger partial charge is 0.462 e. The first kappa shape index (κ1) is 43.9. The number of aliphatic hydroxyl groups is 1. The summed E-state index contributed by atoms with van der Waals surface area (Å²) in [6.07, 6.45) is 33.3. The van der Waals surface area contributed by atoms with Gasteiger partial charge in [0.2, 0.25) is 5.91 Å². The van der Waals surface area contributed by atoms with Crippen LogP contribution >= 0.6 is 0 Å². The molecule has 1 amide bonds. The van der Waals surface area contributed by atoms with Gasteiger partial charge >= 0.3 is 5.97 Å². The topological polar surface area (TPSA) is 84.9 Å². The molecule has 2 N–H and O–H groups in total. The lowest BCUT2D eigenvalue weighted by molar-refractivity contribution is -0.150. The molecule has 0 bridgehead atoms. The van der Waals surface area contributed by atoms with Gasteiger partial charge in [-0.3, -0.25) is 9.59 Å². The highest BCUT2D eigenvalue weighted by atomic mass is 16.5. The van der Waals surface area contributed by atoms with E-state index in [0.29, 0.717) is 25.9 Å². The van der Waals surface area contributed by atoms with Crippen molar-refractivity contribution in [1.82, 2.24) is 5.32 Å². The number of unbranched alkanes of at least 4 members (excludes halogenated alkanes) is 22. The molecular formula is C39H77NO5. The van der Waals surface area contributed by atoms with Crippen molar-refractivity contribution < 1.29 is 24.2 Å². The van der Waals surface area contributed by atoms with Crippen LogP contribution in [0.15, 0.2) is 0 Å². The number of esters is 1. The van der Waals surface area contributed by atoms with Crippen LogP contribution in [0.4, 0.5) is 0 Å². The van der Waals surface area contributed by atoms with Gasteiger partial charge in [-0.05, 0) is 25.7 Å². The predicted molar refractivity (Wildman–Crippen MR) is 191 cm³/mol. The summed E-state index contributed by atoms with van der Waals surface area (Å²) >= 11 is 0. The molecule has 0 rings (SSSR count). The third-order valence-electron chi connectivity index (χ3n) is 8.91. The van der Waals surface area contributed by atoms with Crippen LogP contribution in [-0.4, -0.2) is 48.9 Å². The molecule has 0 aromatic carbocycles. The van der Waals surface area contributed by atoms with E-state index in [1.54, 1.807) is 0 Å². The second kappa shape index (κ2) is 35.7. The molecule has 2 atom stereocenters. The Hall–Kier alpha value is -1.14. The molecule has 6 heteroatoms. The molecular weight excluding hydrogens is 562 g/mol. The minimum Gasteiger partial charge on any atom is -0.462 e. The molecule has 0 aromatic heterocycles. The number of hydrogen-bond donors (Lipinski definition) is 2. The van der Waals surface area contributed by atoms with Crippen molar-refractivity contribution in [1.29, 1.82) is 0 Å². The Kier molecular flexibility index (Phi) is 34.8. The summed E-state index contributed by atoms with van der Waals surface area (Å²) in [5.74, 6) is -0.0941. The lowest BCUT2D eigenvalue weighted by atomic mass is 10.1. The van der Waals surface area contributed by atoms with E-state index in [4.69, 9.17) is 9.47 Å². The maximum absolute atomic E-state index is 12.6. The van der Waals surface area contributed by atoms with E-state index < -0.39 is 6.04 Å². The van der Waals surface area contributed by atoms with Crippen LogP contribution in [0.5, 0.6) is 0 Å². The fourth-order valence-electron chi connectivity index (χ4n) is 5.89. The number of amides is 1. The molecule has 0 saturated heterocycles. The number of nitrogens with one attached hydrogen (secondary N) is 1. The Morgan fingerprint density at radius 3 is 1.44 bits per heavy atom. The molecule has 0 spiro atoms. The minimum absolute atomic E-state index is 0.0102. The van der Waals surface area contributed by atoms with Crippen molar-refractivity contribution in [3.8, 4) is 0 Å². The maximum Gasteiger partial charge on any atom is 0.306 e. The molecule has 0 aliphatic heterocycles. The molecule has 0 aromatic rings. The van der Waals surface area contributed by atoms with Gasteiger partial charge < -0.3 is 19.9 Å². The van der Waals surface area contributed by atoms with Crippen molar-refractivity contribution in [3.05, 3.63) is 0 Å². The van der Waals surface area contributed by atoms with Crippen molar-refractivity contribution in [2.75, 3.05) is 19.8 Å². The molecule has 0 radical (unpaired) electrons. The van der Waals surface area contributed by atoms with Crippen molar-refractivity contribution in [3.63, 3.8) is 0 Å². The van der Waals surface area contributed by atoms with E-state index in [1.807, 2.05) is 0 Å². The van der Waals surface area contributed by atoms with E-state index in [-0.39, 0.29) is 31.2 Å². The molecule has 2 unspecified atom stereocenters. The van der Waals surface area contributed by atoms with Crippen LogP contribution in [0, 0.1) is 0 Å². The fraction of sp³-hybridized carbons (Fsp3) is 0.949. The Balaban J connectivity index is 4.15. The van der Waals surface area contributed by atoms with Gasteiger partial charge in [0.1, 0.15) is 6.10 Å². The third-order valence-corrected chi connectivity index (χ3v) is 8.91. The van der Waals surface area contributed by atoms with E-state index >= 15 is 0 Å². The van der Waals surface area contributed by atoms with E-state index in [9.17, 15) is 14.7 Å². The first-order valence-electron chi connectivity index (χ1n) is 19.7. The summed E-state index contributed by atoms with van der Waals surface area (Å²) in [6.45, 7) is 7.31. The van der Waals surface area contributed by atoms with E-state index in [2.05, 4.69) is 26.1 Å². The summed E-state index contributed by atoms with van der Waals surface area (Å²) in [7, 11) is 0. The molecule has 6 nitrogen and oxygen atoms in total. The van der Waals surface area contributed by atoms with Crippen molar-refractivity contribution in [2.24, 2.45) is 0 Å². The zero-order valence-corrected chi connectivity index (χ0v) is 30.4. The smallest absolute Gasteiger partial charge is 0.306 e. The maximum atomic E-state index is 12.6. The number of ether oxygens (including phenoxy) is 2. The van der Waals surface area contributed by atoms with Crippen LogP contribution < -0.4 is 5.32 Å². The van der Waals surface area contributed by atoms with Crippen LogP contribution in [-0.2, 0) is 19.1 Å². The van der Waals surface area contributed by atoms with Gasteiger partial charge in [0.15, 0.2) is 0 Å². The monoisotopic (exact) mass is 640 g/mol. The van der Waals surface area contributed by atoms with Gasteiger partial charge in [0.25, 0.3) is 0 Å². The summed E-state index contributed by atoms with van der Waals surface area (Å²) < 4.78 is 11.7. The molecule has 45 heavy (non-hydrogen) atoms. The number of hydrogen-bond acceptors (Lipinski definition) is 5. The molecule has 0 aliphatic carbocycles. The highest BCUT2D eigenvalue weighted by molar-refractivity contribution is 5.76. The zero-order valence-electron chi connectivity index (χ0n) is 30.4. The van der Waals surface area contributed by atoms with Gasteiger partial charge in [-0.15, -0.1) is 0 Å². The SMILES string of the molecule is CCCCCCCCCCCCCC(=O)NC(CO)COCCC(CCCCCCC)OC(=O)CCCCCCCCCCC. The van der Waals surface area contributed by atoms with Gasteiger partial charge in [0.05, 0.1) is 25.9 Å². The minimum atomic E-state index is -0.396. The van der Waals surface area contributed by atoms with Gasteiger partial charge in [-0.2, -0.15) is 0 Å². The van der Waals surface area contributed by atoms with Crippen LogP contribution in [0.3, 0.4) is 0 Å². The average Bonchev–Trinajstić information content (AvgIpc) is 3.03.